The largest absolute Gasteiger partial charge is 0.416 e. The van der Waals surface area contributed by atoms with Crippen LogP contribution in [0.1, 0.15) is 43.9 Å². The number of halogens is 3. The monoisotopic (exact) mass is 289 g/mol. The fourth-order valence-corrected chi connectivity index (χ4v) is 2.11. The van der Waals surface area contributed by atoms with Gasteiger partial charge < -0.3 is 10.1 Å². The number of rotatable bonds is 6. The maximum absolute atomic E-state index is 13.0. The zero-order valence-electron chi connectivity index (χ0n) is 12.3. The molecule has 5 heteroatoms. The van der Waals surface area contributed by atoms with Gasteiger partial charge in [-0.25, -0.2) is 0 Å². The number of alkyl halides is 3. The predicted octanol–water partition coefficient (Wildman–Crippen LogP) is 4.17. The van der Waals surface area contributed by atoms with Gasteiger partial charge in [0.1, 0.15) is 0 Å². The van der Waals surface area contributed by atoms with E-state index in [9.17, 15) is 13.2 Å². The number of methoxy groups -OCH3 is 1. The van der Waals surface area contributed by atoms with Crippen molar-refractivity contribution in [3.8, 4) is 0 Å². The molecule has 0 saturated carbocycles. The van der Waals surface area contributed by atoms with Gasteiger partial charge in [0.25, 0.3) is 0 Å². The van der Waals surface area contributed by atoms with Crippen molar-refractivity contribution in [3.05, 3.63) is 35.4 Å². The number of hydrogen-bond acceptors (Lipinski definition) is 2. The van der Waals surface area contributed by atoms with Crippen molar-refractivity contribution in [3.63, 3.8) is 0 Å². The molecule has 0 aromatic heterocycles. The summed E-state index contributed by atoms with van der Waals surface area (Å²) >= 11 is 0. The highest BCUT2D eigenvalue weighted by atomic mass is 19.4. The number of hydrogen-bond donors (Lipinski definition) is 1. The molecule has 1 aromatic carbocycles. The topological polar surface area (TPSA) is 21.3 Å². The Morgan fingerprint density at radius 3 is 2.30 bits per heavy atom. The third-order valence-corrected chi connectivity index (χ3v) is 3.58. The van der Waals surface area contributed by atoms with Gasteiger partial charge in [0.2, 0.25) is 0 Å². The lowest BCUT2D eigenvalue weighted by Gasteiger charge is -2.27. The van der Waals surface area contributed by atoms with Gasteiger partial charge in [0.15, 0.2) is 0 Å². The van der Waals surface area contributed by atoms with Crippen molar-refractivity contribution < 1.29 is 17.9 Å². The van der Waals surface area contributed by atoms with Crippen molar-refractivity contribution in [1.82, 2.24) is 5.32 Å². The summed E-state index contributed by atoms with van der Waals surface area (Å²) in [4.78, 5) is 0. The van der Waals surface area contributed by atoms with E-state index in [-0.39, 0.29) is 17.2 Å². The molecule has 0 heterocycles. The lowest BCUT2D eigenvalue weighted by atomic mass is 9.92. The van der Waals surface area contributed by atoms with E-state index >= 15 is 0 Å². The first kappa shape index (κ1) is 17.0. The highest BCUT2D eigenvalue weighted by molar-refractivity contribution is 5.32. The second kappa shape index (κ2) is 6.59. The molecule has 20 heavy (non-hydrogen) atoms. The van der Waals surface area contributed by atoms with Crippen LogP contribution >= 0.6 is 0 Å². The van der Waals surface area contributed by atoms with Gasteiger partial charge in [-0.1, -0.05) is 18.2 Å². The van der Waals surface area contributed by atoms with E-state index in [4.69, 9.17) is 4.74 Å². The smallest absolute Gasteiger partial charge is 0.379 e. The highest BCUT2D eigenvalue weighted by Crippen LogP contribution is 2.36. The van der Waals surface area contributed by atoms with E-state index in [0.717, 1.165) is 6.07 Å². The summed E-state index contributed by atoms with van der Waals surface area (Å²) in [6.45, 7) is 3.85. The van der Waals surface area contributed by atoms with Gasteiger partial charge in [-0.15, -0.1) is 0 Å². The van der Waals surface area contributed by atoms with Gasteiger partial charge in [0, 0.05) is 13.2 Å². The van der Waals surface area contributed by atoms with E-state index in [0.29, 0.717) is 12.8 Å². The van der Waals surface area contributed by atoms with Crippen LogP contribution in [-0.2, 0) is 10.9 Å². The van der Waals surface area contributed by atoms with Crippen LogP contribution in [0.5, 0.6) is 0 Å². The molecule has 0 saturated heterocycles. The second-order valence-corrected chi connectivity index (χ2v) is 5.43. The molecule has 0 amide bonds. The van der Waals surface area contributed by atoms with Crippen molar-refractivity contribution in [1.29, 1.82) is 0 Å². The SMILES string of the molecule is CNC(CCC(C)(C)OC)c1ccccc1C(F)(F)F. The van der Waals surface area contributed by atoms with Crippen LogP contribution in [0, 0.1) is 0 Å². The summed E-state index contributed by atoms with van der Waals surface area (Å²) in [5.74, 6) is 0. The minimum Gasteiger partial charge on any atom is -0.379 e. The molecule has 1 aromatic rings. The van der Waals surface area contributed by atoms with Gasteiger partial charge in [-0.3, -0.25) is 0 Å². The molecular weight excluding hydrogens is 267 g/mol. The molecule has 0 spiro atoms. The van der Waals surface area contributed by atoms with Crippen molar-refractivity contribution >= 4 is 0 Å². The van der Waals surface area contributed by atoms with Crippen LogP contribution in [0.2, 0.25) is 0 Å². The highest BCUT2D eigenvalue weighted by Gasteiger charge is 2.34. The summed E-state index contributed by atoms with van der Waals surface area (Å²) in [6, 6.07) is 5.36. The first-order chi connectivity index (χ1) is 9.21. The zero-order valence-corrected chi connectivity index (χ0v) is 12.3. The van der Waals surface area contributed by atoms with Crippen LogP contribution in [0.25, 0.3) is 0 Å². The molecule has 0 fully saturated rings. The van der Waals surface area contributed by atoms with Crippen LogP contribution in [0.15, 0.2) is 24.3 Å². The molecule has 0 aliphatic heterocycles. The minimum absolute atomic E-state index is 0.286. The van der Waals surface area contributed by atoms with E-state index in [1.807, 2.05) is 13.8 Å². The van der Waals surface area contributed by atoms with Gasteiger partial charge >= 0.3 is 6.18 Å². The van der Waals surface area contributed by atoms with E-state index < -0.39 is 11.7 Å². The number of benzene rings is 1. The summed E-state index contributed by atoms with van der Waals surface area (Å²) < 4.78 is 44.4. The van der Waals surface area contributed by atoms with Crippen LogP contribution in [0.3, 0.4) is 0 Å². The van der Waals surface area contributed by atoms with E-state index in [2.05, 4.69) is 5.32 Å². The lowest BCUT2D eigenvalue weighted by Crippen LogP contribution is -2.27. The van der Waals surface area contributed by atoms with Crippen molar-refractivity contribution in [2.45, 2.75) is 44.5 Å². The average molecular weight is 289 g/mol. The van der Waals surface area contributed by atoms with E-state index in [1.165, 1.54) is 12.1 Å². The Kier molecular flexibility index (Phi) is 5.59. The van der Waals surface area contributed by atoms with Crippen LogP contribution in [0.4, 0.5) is 13.2 Å². The van der Waals surface area contributed by atoms with Crippen LogP contribution in [-0.4, -0.2) is 19.8 Å². The van der Waals surface area contributed by atoms with Gasteiger partial charge in [-0.05, 0) is 45.4 Å². The summed E-state index contributed by atoms with van der Waals surface area (Å²) in [5.41, 5.74) is -0.633. The Labute approximate surface area is 118 Å². The average Bonchev–Trinajstić information content (AvgIpc) is 2.39. The summed E-state index contributed by atoms with van der Waals surface area (Å²) in [7, 11) is 3.29. The Bertz CT molecular complexity index is 429. The quantitative estimate of drug-likeness (QED) is 0.848. The maximum atomic E-state index is 13.0. The molecule has 0 aliphatic carbocycles. The number of ether oxygens (including phenoxy) is 1. The summed E-state index contributed by atoms with van der Waals surface area (Å²) in [6.07, 6.45) is -3.09. The molecule has 1 N–H and O–H groups in total. The third-order valence-electron chi connectivity index (χ3n) is 3.58. The van der Waals surface area contributed by atoms with Gasteiger partial charge in [-0.2, -0.15) is 13.2 Å². The molecule has 0 radical (unpaired) electrons. The fourth-order valence-electron chi connectivity index (χ4n) is 2.11. The van der Waals surface area contributed by atoms with Gasteiger partial charge in [0.05, 0.1) is 11.2 Å². The Morgan fingerprint density at radius 2 is 1.80 bits per heavy atom. The van der Waals surface area contributed by atoms with E-state index in [1.54, 1.807) is 20.2 Å². The van der Waals surface area contributed by atoms with Crippen molar-refractivity contribution in [2.24, 2.45) is 0 Å². The molecule has 0 aliphatic rings. The Morgan fingerprint density at radius 1 is 1.20 bits per heavy atom. The molecule has 0 bridgehead atoms. The number of nitrogens with one attached hydrogen (secondary N) is 1. The molecule has 1 rings (SSSR count). The normalized spacial score (nSPS) is 14.3. The fraction of sp³-hybridized carbons (Fsp3) is 0.600. The zero-order chi connectivity index (χ0) is 15.4. The molecule has 114 valence electrons. The first-order valence-corrected chi connectivity index (χ1v) is 6.60. The first-order valence-electron chi connectivity index (χ1n) is 6.60. The van der Waals surface area contributed by atoms with Crippen LogP contribution < -0.4 is 5.32 Å². The molecular formula is C15H22F3NO. The minimum atomic E-state index is -4.33. The van der Waals surface area contributed by atoms with Crippen molar-refractivity contribution in [2.75, 3.05) is 14.2 Å². The molecule has 2 nitrogen and oxygen atoms in total. The summed E-state index contributed by atoms with van der Waals surface area (Å²) in [5, 5.41) is 2.97. The standard InChI is InChI=1S/C15H22F3NO/c1-14(2,20-4)10-9-13(19-3)11-7-5-6-8-12(11)15(16,17)18/h5-8,13,19H,9-10H2,1-4H3. The molecule has 1 unspecified atom stereocenters. The second-order valence-electron chi connectivity index (χ2n) is 5.43. The Balaban J connectivity index is 2.96. The maximum Gasteiger partial charge on any atom is 0.416 e. The molecule has 1 atom stereocenters. The third kappa shape index (κ3) is 4.49. The Hall–Kier alpha value is -1.07. The lowest BCUT2D eigenvalue weighted by molar-refractivity contribution is -0.138. The predicted molar refractivity (Wildman–Crippen MR) is 73.6 cm³/mol.